The summed E-state index contributed by atoms with van der Waals surface area (Å²) in [6.45, 7) is 3.30. The zero-order valence-electron chi connectivity index (χ0n) is 25.7. The Morgan fingerprint density at radius 2 is 1.13 bits per heavy atom. The van der Waals surface area contributed by atoms with E-state index < -0.39 is 47.2 Å². The fourth-order valence-electron chi connectivity index (χ4n) is 5.28. The molecule has 4 atom stereocenters. The number of hydrogen-bond donors (Lipinski definition) is 2. The number of carbonyl (C=O) groups is 4. The minimum absolute atomic E-state index is 0.0635. The quantitative estimate of drug-likeness (QED) is 0.212. The molecule has 4 aliphatic rings. The largest absolute Gasteiger partial charge is 0.495 e. The lowest BCUT2D eigenvalue weighted by Gasteiger charge is -2.35. The Bertz CT molecular complexity index is 1410. The summed E-state index contributed by atoms with van der Waals surface area (Å²) in [5.41, 5.74) is -2.15. The van der Waals surface area contributed by atoms with Gasteiger partial charge < -0.3 is 39.3 Å². The highest BCUT2D eigenvalue weighted by Crippen LogP contribution is 2.47. The summed E-state index contributed by atoms with van der Waals surface area (Å²) < 4.78 is 23.8. The van der Waals surface area contributed by atoms with Crippen LogP contribution in [0, 0.1) is 0 Å². The molecule has 0 unspecified atom stereocenters. The Morgan fingerprint density at radius 1 is 0.745 bits per heavy atom. The predicted molar refractivity (Wildman–Crippen MR) is 183 cm³/mol. The molecule has 2 heterocycles. The van der Waals surface area contributed by atoms with E-state index in [4.69, 9.17) is 28.6 Å². The van der Waals surface area contributed by atoms with Crippen LogP contribution in [-0.2, 0) is 47.8 Å². The first-order chi connectivity index (χ1) is 22.3. The summed E-state index contributed by atoms with van der Waals surface area (Å²) in [6, 6.07) is 0. The van der Waals surface area contributed by atoms with Crippen LogP contribution in [0.15, 0.2) is 51.9 Å². The van der Waals surface area contributed by atoms with Crippen LogP contribution in [0.2, 0.25) is 0 Å². The number of halogens is 4. The van der Waals surface area contributed by atoms with Crippen LogP contribution in [0.25, 0.3) is 0 Å². The van der Waals surface area contributed by atoms with Crippen LogP contribution in [0.4, 0.5) is 0 Å². The van der Waals surface area contributed by atoms with Crippen molar-refractivity contribution in [2.45, 2.75) is 69.4 Å². The molecular weight excluding hydrogens is 884 g/mol. The first-order valence-electron chi connectivity index (χ1n) is 14.3. The van der Waals surface area contributed by atoms with Crippen molar-refractivity contribution in [3.63, 3.8) is 0 Å². The van der Waals surface area contributed by atoms with Crippen molar-refractivity contribution in [1.29, 1.82) is 0 Å². The Labute approximate surface area is 304 Å². The average molecular weight is 916 g/mol. The summed E-state index contributed by atoms with van der Waals surface area (Å²) in [7, 11) is 2.96. The molecule has 2 aliphatic carbocycles. The van der Waals surface area contributed by atoms with Crippen molar-refractivity contribution >= 4 is 98.9 Å². The maximum atomic E-state index is 12.9. The average Bonchev–Trinajstić information content (AvgIpc) is 3.63. The maximum absolute atomic E-state index is 12.9. The summed E-state index contributed by atoms with van der Waals surface area (Å²) in [5, 5.41) is 13.7. The molecule has 2 aliphatic heterocycles. The number of methoxy groups -OCH3 is 2. The van der Waals surface area contributed by atoms with Gasteiger partial charge >= 0.3 is 11.9 Å². The van der Waals surface area contributed by atoms with Crippen molar-refractivity contribution < 1.29 is 47.8 Å². The predicted octanol–water partition coefficient (Wildman–Crippen LogP) is 4.37. The molecule has 0 aromatic rings. The first-order valence-corrected chi connectivity index (χ1v) is 17.5. The number of nitrogens with zero attached hydrogens (tertiary/aromatic N) is 2. The molecule has 0 bridgehead atoms. The van der Waals surface area contributed by atoms with Crippen LogP contribution in [0.1, 0.15) is 46.0 Å². The second kappa shape index (κ2) is 15.7. The number of unbranched alkanes of at least 4 members (excludes halogenated alkanes) is 2. The van der Waals surface area contributed by atoms with Gasteiger partial charge in [-0.3, -0.25) is 19.2 Å². The summed E-state index contributed by atoms with van der Waals surface area (Å²) in [6.07, 6.45) is 3.64. The molecule has 4 rings (SSSR count). The van der Waals surface area contributed by atoms with E-state index in [0.717, 1.165) is 0 Å². The second-order valence-electron chi connectivity index (χ2n) is 10.8. The number of allylic oxidation sites excluding steroid dienone is 2. The molecule has 14 nitrogen and oxygen atoms in total. The molecule has 47 heavy (non-hydrogen) atoms. The summed E-state index contributed by atoms with van der Waals surface area (Å²) in [5.74, 6) is -1.00. The van der Waals surface area contributed by atoms with Gasteiger partial charge in [-0.15, -0.1) is 0 Å². The third-order valence-electron chi connectivity index (χ3n) is 7.42. The third kappa shape index (κ3) is 8.13. The van der Waals surface area contributed by atoms with Crippen LogP contribution < -0.4 is 10.6 Å². The number of amides is 2. The topological polar surface area (TPSA) is 172 Å². The molecule has 256 valence electrons. The van der Waals surface area contributed by atoms with E-state index in [2.05, 4.69) is 84.7 Å². The van der Waals surface area contributed by atoms with Gasteiger partial charge in [-0.1, -0.05) is 10.3 Å². The zero-order chi connectivity index (χ0) is 34.5. The van der Waals surface area contributed by atoms with E-state index in [0.29, 0.717) is 61.8 Å². The molecule has 2 spiro atoms. The minimum atomic E-state index is -1.23. The van der Waals surface area contributed by atoms with Crippen LogP contribution in [-0.4, -0.2) is 85.9 Å². The molecule has 0 aromatic carbocycles. The Kier molecular flexibility index (Phi) is 12.4. The fraction of sp³-hybridized carbons (Fsp3) is 0.517. The SMILES string of the molecule is COC1=C(Br)[C@@H](OC(C)=O)[C@]2(C=C1Br)CC(C(=O)NCCCCCNC(=O)C1=NO[C@]3(C=C(Br)C(OC)=C(Br)[C@@H]3OC(C)=O)C1)=NO2. The van der Waals surface area contributed by atoms with E-state index in [1.54, 1.807) is 12.2 Å². The van der Waals surface area contributed by atoms with Crippen LogP contribution >= 0.6 is 63.7 Å². The molecule has 0 saturated heterocycles. The van der Waals surface area contributed by atoms with E-state index in [1.807, 2.05) is 0 Å². The van der Waals surface area contributed by atoms with E-state index >= 15 is 0 Å². The monoisotopic (exact) mass is 912 g/mol. The van der Waals surface area contributed by atoms with Gasteiger partial charge in [-0.05, 0) is 95.1 Å². The highest BCUT2D eigenvalue weighted by Gasteiger charge is 2.54. The summed E-state index contributed by atoms with van der Waals surface area (Å²) in [4.78, 5) is 60.7. The van der Waals surface area contributed by atoms with Gasteiger partial charge in [0.15, 0.2) is 12.2 Å². The van der Waals surface area contributed by atoms with E-state index in [9.17, 15) is 19.2 Å². The normalized spacial score (nSPS) is 26.5. The first kappa shape index (κ1) is 37.1. The van der Waals surface area contributed by atoms with Gasteiger partial charge in [-0.25, -0.2) is 0 Å². The van der Waals surface area contributed by atoms with Gasteiger partial charge in [0, 0.05) is 39.8 Å². The van der Waals surface area contributed by atoms with Gasteiger partial charge in [-0.2, -0.15) is 0 Å². The number of carbonyl (C=O) groups excluding carboxylic acids is 4. The second-order valence-corrected chi connectivity index (χ2v) is 14.2. The minimum Gasteiger partial charge on any atom is -0.495 e. The van der Waals surface area contributed by atoms with Crippen molar-refractivity contribution in [1.82, 2.24) is 10.6 Å². The molecular formula is C29H32Br4N4O10. The summed E-state index contributed by atoms with van der Waals surface area (Å²) >= 11 is 13.7. The highest BCUT2D eigenvalue weighted by molar-refractivity contribution is 9.12. The smallest absolute Gasteiger partial charge is 0.303 e. The molecule has 0 radical (unpaired) electrons. The standard InChI is InChI=1S/C29H32Br4N4O10/c1-14(38)44-24-20(32)22(42-3)16(30)10-28(24)12-18(36-46-28)26(40)34-8-6-5-7-9-35-27(41)19-13-29(47-37-19)11-17(31)23(43-4)21(33)25(29)45-15(2)39/h10-11,24-25H,5-9,12-13H2,1-4H3,(H,34,40)(H,35,41)/t24-,25+,28+,29-. The zero-order valence-corrected chi connectivity index (χ0v) is 32.1. The number of oxime groups is 2. The van der Waals surface area contributed by atoms with Gasteiger partial charge in [0.25, 0.3) is 11.8 Å². The number of nitrogens with one attached hydrogen (secondary N) is 2. The lowest BCUT2D eigenvalue weighted by molar-refractivity contribution is -0.157. The Morgan fingerprint density at radius 3 is 1.47 bits per heavy atom. The van der Waals surface area contributed by atoms with Crippen molar-refractivity contribution in [2.75, 3.05) is 27.3 Å². The van der Waals surface area contributed by atoms with Crippen molar-refractivity contribution in [3.8, 4) is 0 Å². The number of esters is 2. The lowest BCUT2D eigenvalue weighted by atomic mass is 9.86. The van der Waals surface area contributed by atoms with Gasteiger partial charge in [0.1, 0.15) is 22.9 Å². The third-order valence-corrected chi connectivity index (χ3v) is 10.2. The lowest BCUT2D eigenvalue weighted by Crippen LogP contribution is -2.47. The Balaban J connectivity index is 1.20. The number of rotatable bonds is 12. The highest BCUT2D eigenvalue weighted by atomic mass is 79.9. The van der Waals surface area contributed by atoms with E-state index in [1.165, 1.54) is 28.1 Å². The van der Waals surface area contributed by atoms with E-state index in [-0.39, 0.29) is 24.3 Å². The van der Waals surface area contributed by atoms with Crippen LogP contribution in [0.3, 0.4) is 0 Å². The number of ether oxygens (including phenoxy) is 4. The number of hydrogen-bond acceptors (Lipinski definition) is 12. The fourth-order valence-corrected chi connectivity index (χ4v) is 9.05. The molecule has 18 heteroatoms. The van der Waals surface area contributed by atoms with Crippen molar-refractivity contribution in [2.24, 2.45) is 10.3 Å². The van der Waals surface area contributed by atoms with Crippen LogP contribution in [0.5, 0.6) is 0 Å². The van der Waals surface area contributed by atoms with Crippen molar-refractivity contribution in [3.05, 3.63) is 41.6 Å². The molecule has 0 fully saturated rings. The Hall–Kier alpha value is -2.70. The maximum Gasteiger partial charge on any atom is 0.303 e. The van der Waals surface area contributed by atoms with Gasteiger partial charge in [0.05, 0.1) is 32.1 Å². The molecule has 0 aromatic heterocycles. The van der Waals surface area contributed by atoms with Gasteiger partial charge in [0.2, 0.25) is 11.2 Å². The molecule has 2 N–H and O–H groups in total. The molecule has 0 saturated carbocycles. The molecule has 2 amide bonds.